The van der Waals surface area contributed by atoms with E-state index < -0.39 is 0 Å². The van der Waals surface area contributed by atoms with Crippen LogP contribution in [-0.2, 0) is 0 Å². The maximum atomic E-state index is 10.7. The summed E-state index contributed by atoms with van der Waals surface area (Å²) in [5.41, 5.74) is 0.991. The van der Waals surface area contributed by atoms with Crippen LogP contribution in [0.15, 0.2) is 18.3 Å². The second kappa shape index (κ2) is 2.51. The van der Waals surface area contributed by atoms with Crippen LogP contribution < -0.4 is 4.73 Å². The minimum Gasteiger partial charge on any atom is -0.618 e. The summed E-state index contributed by atoms with van der Waals surface area (Å²) in [6, 6.07) is 3.71. The van der Waals surface area contributed by atoms with E-state index in [1.807, 2.05) is 35.6 Å². The molecule has 0 aliphatic heterocycles. The molecule has 0 aliphatic rings. The van der Waals surface area contributed by atoms with Crippen LogP contribution in [0.25, 0.3) is 0 Å². The van der Waals surface area contributed by atoms with Gasteiger partial charge < -0.3 is 5.21 Å². The Morgan fingerprint density at radius 1 is 1.56 bits per heavy atom. The fourth-order valence-electron chi connectivity index (χ4n) is 0.563. The van der Waals surface area contributed by atoms with Gasteiger partial charge in [-0.25, -0.2) is 0 Å². The van der Waals surface area contributed by atoms with Crippen LogP contribution in [0, 0.1) is 15.8 Å². The molecule has 2 nitrogen and oxygen atoms in total. The Morgan fingerprint density at radius 2 is 2.22 bits per heavy atom. The Morgan fingerprint density at radius 3 is 2.67 bits per heavy atom. The van der Waals surface area contributed by atoms with Crippen molar-refractivity contribution in [1.82, 2.24) is 0 Å². The van der Waals surface area contributed by atoms with E-state index in [1.165, 1.54) is 0 Å². The van der Waals surface area contributed by atoms with Gasteiger partial charge in [0.25, 0.3) is 3.70 Å². The fraction of sp³-hybridized carbons (Fsp3) is 0.167. The maximum Gasteiger partial charge on any atom is 0.252 e. The molecule has 0 aliphatic carbocycles. The molecule has 0 bridgehead atoms. The lowest BCUT2D eigenvalue weighted by Crippen LogP contribution is -2.29. The van der Waals surface area contributed by atoms with Gasteiger partial charge in [0.2, 0.25) is 0 Å². The zero-order valence-corrected chi connectivity index (χ0v) is 7.12. The zero-order chi connectivity index (χ0) is 6.85. The monoisotopic (exact) mass is 235 g/mol. The molecule has 0 aromatic carbocycles. The van der Waals surface area contributed by atoms with Gasteiger partial charge in [-0.05, 0) is 13.0 Å². The van der Waals surface area contributed by atoms with E-state index in [-0.39, 0.29) is 0 Å². The second-order valence-electron chi connectivity index (χ2n) is 1.85. The van der Waals surface area contributed by atoms with E-state index in [2.05, 4.69) is 0 Å². The summed E-state index contributed by atoms with van der Waals surface area (Å²) in [6.45, 7) is 1.89. The molecule has 0 spiro atoms. The van der Waals surface area contributed by atoms with Gasteiger partial charge in [-0.3, -0.25) is 0 Å². The van der Waals surface area contributed by atoms with E-state index >= 15 is 0 Å². The SMILES string of the molecule is Cc1ccc(I)[n+]([O-])c1. The Labute approximate surface area is 67.2 Å². The molecule has 9 heavy (non-hydrogen) atoms. The number of hydrogen-bond acceptors (Lipinski definition) is 1. The quantitative estimate of drug-likeness (QED) is 0.287. The molecular formula is C6H6INO. The molecule has 0 saturated heterocycles. The van der Waals surface area contributed by atoms with Crippen molar-refractivity contribution in [3.05, 3.63) is 32.8 Å². The van der Waals surface area contributed by atoms with Crippen molar-refractivity contribution in [1.29, 1.82) is 0 Å². The van der Waals surface area contributed by atoms with Crippen LogP contribution in [0.4, 0.5) is 0 Å². The van der Waals surface area contributed by atoms with Gasteiger partial charge in [-0.15, -0.1) is 0 Å². The molecule has 0 saturated carbocycles. The highest BCUT2D eigenvalue weighted by atomic mass is 127. The van der Waals surface area contributed by atoms with E-state index in [9.17, 15) is 5.21 Å². The van der Waals surface area contributed by atoms with Gasteiger partial charge >= 0.3 is 0 Å². The van der Waals surface area contributed by atoms with Gasteiger partial charge in [0.05, 0.1) is 0 Å². The van der Waals surface area contributed by atoms with Crippen molar-refractivity contribution in [2.24, 2.45) is 0 Å². The summed E-state index contributed by atoms with van der Waals surface area (Å²) in [7, 11) is 0. The summed E-state index contributed by atoms with van der Waals surface area (Å²) >= 11 is 1.99. The molecule has 0 radical (unpaired) electrons. The predicted molar refractivity (Wildman–Crippen MR) is 42.9 cm³/mol. The van der Waals surface area contributed by atoms with E-state index in [0.717, 1.165) is 10.3 Å². The number of pyridine rings is 1. The van der Waals surface area contributed by atoms with E-state index in [0.29, 0.717) is 3.70 Å². The Balaban J connectivity index is 3.17. The average Bonchev–Trinajstić information content (AvgIpc) is 1.80. The van der Waals surface area contributed by atoms with E-state index in [1.54, 1.807) is 12.3 Å². The lowest BCUT2D eigenvalue weighted by molar-refractivity contribution is -0.619. The number of aromatic nitrogens is 1. The van der Waals surface area contributed by atoms with Crippen LogP contribution in [0.1, 0.15) is 5.56 Å². The number of halogens is 1. The van der Waals surface area contributed by atoms with Crippen LogP contribution >= 0.6 is 22.6 Å². The molecule has 0 N–H and O–H groups in total. The Bertz CT molecular complexity index is 224. The molecule has 1 heterocycles. The van der Waals surface area contributed by atoms with Crippen molar-refractivity contribution in [3.8, 4) is 0 Å². The number of aryl methyl sites for hydroxylation is 1. The van der Waals surface area contributed by atoms with Crippen molar-refractivity contribution < 1.29 is 4.73 Å². The molecule has 0 amide bonds. The molecular weight excluding hydrogens is 229 g/mol. The highest BCUT2D eigenvalue weighted by molar-refractivity contribution is 14.1. The summed E-state index contributed by atoms with van der Waals surface area (Å²) in [6.07, 6.45) is 1.56. The minimum atomic E-state index is 0.707. The standard InChI is InChI=1S/C6H6INO/c1-5-2-3-6(7)8(9)4-5/h2-4H,1H3. The molecule has 0 atom stereocenters. The minimum absolute atomic E-state index is 0.707. The van der Waals surface area contributed by atoms with Crippen molar-refractivity contribution >= 4 is 22.6 Å². The average molecular weight is 235 g/mol. The number of hydrogen-bond donors (Lipinski definition) is 0. The molecule has 48 valence electrons. The van der Waals surface area contributed by atoms with E-state index in [4.69, 9.17) is 0 Å². The second-order valence-corrected chi connectivity index (χ2v) is 2.96. The first-order valence-electron chi connectivity index (χ1n) is 2.55. The Hall–Kier alpha value is -0.320. The van der Waals surface area contributed by atoms with Crippen molar-refractivity contribution in [2.75, 3.05) is 0 Å². The van der Waals surface area contributed by atoms with Crippen LogP contribution in [0.2, 0.25) is 0 Å². The summed E-state index contributed by atoms with van der Waals surface area (Å²) in [4.78, 5) is 0. The van der Waals surface area contributed by atoms with Gasteiger partial charge in [-0.1, -0.05) is 0 Å². The Kier molecular flexibility index (Phi) is 1.90. The summed E-state index contributed by atoms with van der Waals surface area (Å²) in [5, 5.41) is 10.7. The summed E-state index contributed by atoms with van der Waals surface area (Å²) < 4.78 is 1.56. The molecule has 1 aromatic rings. The third-order valence-electron chi connectivity index (χ3n) is 1.02. The fourth-order valence-corrected chi connectivity index (χ4v) is 0.882. The highest BCUT2D eigenvalue weighted by Gasteiger charge is 1.96. The normalized spacial score (nSPS) is 9.56. The number of nitrogens with zero attached hydrogens (tertiary/aromatic N) is 1. The third kappa shape index (κ3) is 1.54. The first kappa shape index (κ1) is 6.80. The van der Waals surface area contributed by atoms with Crippen LogP contribution in [-0.4, -0.2) is 0 Å². The van der Waals surface area contributed by atoms with Crippen molar-refractivity contribution in [2.45, 2.75) is 6.92 Å². The number of rotatable bonds is 0. The molecule has 3 heteroatoms. The third-order valence-corrected chi connectivity index (χ3v) is 1.85. The van der Waals surface area contributed by atoms with Gasteiger partial charge in [-0.2, -0.15) is 4.73 Å². The summed E-state index contributed by atoms with van der Waals surface area (Å²) in [5.74, 6) is 0. The topological polar surface area (TPSA) is 26.9 Å². The molecule has 0 unspecified atom stereocenters. The largest absolute Gasteiger partial charge is 0.618 e. The maximum absolute atomic E-state index is 10.7. The first-order valence-corrected chi connectivity index (χ1v) is 3.63. The highest BCUT2D eigenvalue weighted by Crippen LogP contribution is 1.98. The van der Waals surface area contributed by atoms with Gasteiger partial charge in [0, 0.05) is 34.2 Å². The predicted octanol–water partition coefficient (Wildman–Crippen LogP) is 1.23. The first-order chi connectivity index (χ1) is 4.20. The lowest BCUT2D eigenvalue weighted by atomic mass is 10.3. The van der Waals surface area contributed by atoms with Crippen LogP contribution in [0.5, 0.6) is 0 Å². The lowest BCUT2D eigenvalue weighted by Gasteiger charge is -1.97. The van der Waals surface area contributed by atoms with Crippen LogP contribution in [0.3, 0.4) is 0 Å². The smallest absolute Gasteiger partial charge is 0.252 e. The molecule has 0 fully saturated rings. The molecule has 1 aromatic heterocycles. The van der Waals surface area contributed by atoms with Crippen molar-refractivity contribution in [3.63, 3.8) is 0 Å². The van der Waals surface area contributed by atoms with Gasteiger partial charge in [0.1, 0.15) is 0 Å². The zero-order valence-electron chi connectivity index (χ0n) is 4.97. The van der Waals surface area contributed by atoms with Gasteiger partial charge in [0.15, 0.2) is 6.20 Å². The molecule has 1 rings (SSSR count).